The van der Waals surface area contributed by atoms with E-state index in [1.165, 1.54) is 25.7 Å². The summed E-state index contributed by atoms with van der Waals surface area (Å²) < 4.78 is 5.22. The van der Waals surface area contributed by atoms with Gasteiger partial charge in [-0.25, -0.2) is 0 Å². The molecular weight excluding hydrogens is 338 g/mol. The molecule has 4 rings (SSSR count). The van der Waals surface area contributed by atoms with Crippen molar-refractivity contribution in [3.8, 4) is 5.75 Å². The van der Waals surface area contributed by atoms with Crippen LogP contribution in [0.25, 0.3) is 10.9 Å². The zero-order valence-corrected chi connectivity index (χ0v) is 15.5. The van der Waals surface area contributed by atoms with Crippen molar-refractivity contribution in [2.24, 2.45) is 5.92 Å². The van der Waals surface area contributed by atoms with Crippen LogP contribution in [0.4, 0.5) is 11.4 Å². The number of carbonyl (C=O) groups is 1. The maximum atomic E-state index is 12.5. The lowest BCUT2D eigenvalue weighted by molar-refractivity contribution is 0.102. The van der Waals surface area contributed by atoms with Crippen molar-refractivity contribution in [1.29, 1.82) is 0 Å². The molecule has 2 aromatic carbocycles. The predicted octanol–water partition coefficient (Wildman–Crippen LogP) is 5.03. The second kappa shape index (κ2) is 7.74. The Bertz CT molecular complexity index is 924. The fraction of sp³-hybridized carbons (Fsp3) is 0.318. The van der Waals surface area contributed by atoms with Gasteiger partial charge in [-0.15, -0.1) is 0 Å². The van der Waals surface area contributed by atoms with E-state index < -0.39 is 0 Å². The molecule has 1 heterocycles. The molecule has 3 N–H and O–H groups in total. The lowest BCUT2D eigenvalue weighted by Gasteiger charge is -2.12. The molecule has 1 aromatic heterocycles. The highest BCUT2D eigenvalue weighted by atomic mass is 16.5. The van der Waals surface area contributed by atoms with Gasteiger partial charge in [-0.3, -0.25) is 4.79 Å². The highest BCUT2D eigenvalue weighted by Gasteiger charge is 2.14. The number of amides is 1. The molecule has 1 aliphatic carbocycles. The van der Waals surface area contributed by atoms with E-state index >= 15 is 0 Å². The summed E-state index contributed by atoms with van der Waals surface area (Å²) in [7, 11) is 1.63. The summed E-state index contributed by atoms with van der Waals surface area (Å²) in [6.07, 6.45) is 5.38. The fourth-order valence-corrected chi connectivity index (χ4v) is 3.70. The van der Waals surface area contributed by atoms with E-state index in [1.807, 2.05) is 48.5 Å². The average molecular weight is 363 g/mol. The summed E-state index contributed by atoms with van der Waals surface area (Å²) in [4.78, 5) is 15.7. The molecule has 5 nitrogen and oxygen atoms in total. The van der Waals surface area contributed by atoms with Crippen LogP contribution in [0.3, 0.4) is 0 Å². The van der Waals surface area contributed by atoms with Crippen LogP contribution < -0.4 is 15.4 Å². The van der Waals surface area contributed by atoms with Gasteiger partial charge in [0, 0.05) is 34.9 Å². The molecule has 1 saturated carbocycles. The molecule has 5 heteroatoms. The van der Waals surface area contributed by atoms with Gasteiger partial charge in [0.05, 0.1) is 7.11 Å². The summed E-state index contributed by atoms with van der Waals surface area (Å²) in [5, 5.41) is 7.42. The Morgan fingerprint density at radius 3 is 2.56 bits per heavy atom. The first-order valence-electron chi connectivity index (χ1n) is 9.53. The lowest BCUT2D eigenvalue weighted by atomic mass is 10.1. The Labute approximate surface area is 159 Å². The first kappa shape index (κ1) is 17.5. The van der Waals surface area contributed by atoms with Crippen LogP contribution in [0.5, 0.6) is 5.75 Å². The van der Waals surface area contributed by atoms with E-state index in [9.17, 15) is 4.79 Å². The number of carbonyl (C=O) groups excluding carboxylic acids is 1. The molecule has 3 aromatic rings. The van der Waals surface area contributed by atoms with Crippen LogP contribution in [0, 0.1) is 5.92 Å². The monoisotopic (exact) mass is 363 g/mol. The van der Waals surface area contributed by atoms with Crippen molar-refractivity contribution >= 4 is 28.2 Å². The summed E-state index contributed by atoms with van der Waals surface area (Å²) in [6.45, 7) is 1.03. The zero-order chi connectivity index (χ0) is 18.6. The number of aromatic amines is 1. The van der Waals surface area contributed by atoms with E-state index in [2.05, 4.69) is 15.6 Å². The second-order valence-corrected chi connectivity index (χ2v) is 7.20. The molecule has 0 bridgehead atoms. The highest BCUT2D eigenvalue weighted by molar-refractivity contribution is 6.06. The number of nitrogens with one attached hydrogen (secondary N) is 3. The summed E-state index contributed by atoms with van der Waals surface area (Å²) >= 11 is 0. The van der Waals surface area contributed by atoms with Crippen LogP contribution in [0.1, 0.15) is 36.2 Å². The normalized spacial score (nSPS) is 14.4. The summed E-state index contributed by atoms with van der Waals surface area (Å²) in [5.41, 5.74) is 3.29. The molecule has 1 fully saturated rings. The van der Waals surface area contributed by atoms with Crippen molar-refractivity contribution in [3.63, 3.8) is 0 Å². The van der Waals surface area contributed by atoms with Crippen LogP contribution in [-0.2, 0) is 0 Å². The van der Waals surface area contributed by atoms with Gasteiger partial charge >= 0.3 is 0 Å². The maximum absolute atomic E-state index is 12.5. The Morgan fingerprint density at radius 1 is 1.07 bits per heavy atom. The van der Waals surface area contributed by atoms with Crippen LogP contribution in [-0.4, -0.2) is 24.5 Å². The lowest BCUT2D eigenvalue weighted by Crippen LogP contribution is -2.13. The Hall–Kier alpha value is -2.95. The number of hydrogen-bond donors (Lipinski definition) is 3. The number of anilines is 2. The van der Waals surface area contributed by atoms with Gasteiger partial charge in [0.2, 0.25) is 0 Å². The minimum atomic E-state index is -0.156. The van der Waals surface area contributed by atoms with Crippen molar-refractivity contribution in [2.75, 3.05) is 24.3 Å². The first-order chi connectivity index (χ1) is 13.2. The standard InChI is InChI=1S/C22H25N3O2/c1-27-19-11-6-16-12-21(25-20(16)13-19)22(26)24-18-9-7-17(8-10-18)23-14-15-4-2-3-5-15/h6-13,15,23,25H,2-5,14H2,1H3,(H,24,26). The topological polar surface area (TPSA) is 66.2 Å². The molecule has 0 saturated heterocycles. The molecule has 0 radical (unpaired) electrons. The first-order valence-corrected chi connectivity index (χ1v) is 9.53. The number of benzene rings is 2. The molecule has 1 amide bonds. The molecule has 1 aliphatic rings. The number of hydrogen-bond acceptors (Lipinski definition) is 3. The molecule has 140 valence electrons. The number of fused-ring (bicyclic) bond motifs is 1. The van der Waals surface area contributed by atoms with Gasteiger partial charge in [-0.2, -0.15) is 0 Å². The minimum absolute atomic E-state index is 0.156. The van der Waals surface area contributed by atoms with E-state index in [-0.39, 0.29) is 5.91 Å². The van der Waals surface area contributed by atoms with Crippen LogP contribution in [0.2, 0.25) is 0 Å². The highest BCUT2D eigenvalue weighted by Crippen LogP contribution is 2.25. The van der Waals surface area contributed by atoms with Gasteiger partial charge in [0.1, 0.15) is 11.4 Å². The van der Waals surface area contributed by atoms with E-state index in [0.717, 1.165) is 40.5 Å². The number of H-pyrrole nitrogens is 1. The van der Waals surface area contributed by atoms with Gasteiger partial charge in [0.25, 0.3) is 5.91 Å². The fourth-order valence-electron chi connectivity index (χ4n) is 3.70. The quantitative estimate of drug-likeness (QED) is 0.575. The van der Waals surface area contributed by atoms with E-state index in [0.29, 0.717) is 5.69 Å². The number of methoxy groups -OCH3 is 1. The van der Waals surface area contributed by atoms with Crippen molar-refractivity contribution in [1.82, 2.24) is 4.98 Å². The van der Waals surface area contributed by atoms with Crippen LogP contribution in [0.15, 0.2) is 48.5 Å². The zero-order valence-electron chi connectivity index (χ0n) is 15.5. The molecule has 0 spiro atoms. The number of rotatable bonds is 6. The van der Waals surface area contributed by atoms with E-state index in [4.69, 9.17) is 4.74 Å². The van der Waals surface area contributed by atoms with Crippen molar-refractivity contribution < 1.29 is 9.53 Å². The van der Waals surface area contributed by atoms with Crippen LogP contribution >= 0.6 is 0 Å². The van der Waals surface area contributed by atoms with Gasteiger partial charge in [-0.1, -0.05) is 12.8 Å². The molecular formula is C22H25N3O2. The number of aromatic nitrogens is 1. The Balaban J connectivity index is 1.38. The predicted molar refractivity (Wildman–Crippen MR) is 110 cm³/mol. The third-order valence-corrected chi connectivity index (χ3v) is 5.29. The van der Waals surface area contributed by atoms with E-state index in [1.54, 1.807) is 7.11 Å². The van der Waals surface area contributed by atoms with Gasteiger partial charge in [-0.05, 0) is 61.2 Å². The summed E-state index contributed by atoms with van der Waals surface area (Å²) in [5.74, 6) is 1.40. The second-order valence-electron chi connectivity index (χ2n) is 7.20. The Morgan fingerprint density at radius 2 is 1.81 bits per heavy atom. The smallest absolute Gasteiger partial charge is 0.272 e. The van der Waals surface area contributed by atoms with Gasteiger partial charge < -0.3 is 20.4 Å². The van der Waals surface area contributed by atoms with Gasteiger partial charge in [0.15, 0.2) is 0 Å². The third-order valence-electron chi connectivity index (χ3n) is 5.29. The number of ether oxygens (including phenoxy) is 1. The molecule has 0 unspecified atom stereocenters. The largest absolute Gasteiger partial charge is 0.497 e. The Kier molecular flexibility index (Phi) is 5.01. The third kappa shape index (κ3) is 4.08. The SMILES string of the molecule is COc1ccc2cc(C(=O)Nc3ccc(NCC4CCCC4)cc3)[nH]c2c1. The maximum Gasteiger partial charge on any atom is 0.272 e. The minimum Gasteiger partial charge on any atom is -0.497 e. The molecule has 27 heavy (non-hydrogen) atoms. The summed E-state index contributed by atoms with van der Waals surface area (Å²) in [6, 6.07) is 15.4. The molecule has 0 aliphatic heterocycles. The van der Waals surface area contributed by atoms with Crippen molar-refractivity contribution in [2.45, 2.75) is 25.7 Å². The van der Waals surface area contributed by atoms with Crippen molar-refractivity contribution in [3.05, 3.63) is 54.2 Å². The molecule has 0 atom stereocenters. The average Bonchev–Trinajstić information content (AvgIpc) is 3.36.